The third-order valence-electron chi connectivity index (χ3n) is 5.72. The molecule has 0 spiro atoms. The van der Waals surface area contributed by atoms with Gasteiger partial charge in [-0.05, 0) is 17.8 Å². The molecule has 1 rings (SSSR count). The van der Waals surface area contributed by atoms with Gasteiger partial charge in [-0.15, -0.1) is 0 Å². The first-order valence-electron chi connectivity index (χ1n) is 9.61. The molecule has 1 aliphatic rings. The highest BCUT2D eigenvalue weighted by Gasteiger charge is 2.63. The molecule has 6 nitrogen and oxygen atoms in total. The number of carboxylic acids is 1. The second kappa shape index (κ2) is 8.85. The van der Waals surface area contributed by atoms with E-state index in [0.29, 0.717) is 4.90 Å². The summed E-state index contributed by atoms with van der Waals surface area (Å²) in [5.41, 5.74) is -4.75. The van der Waals surface area contributed by atoms with Gasteiger partial charge in [0.15, 0.2) is 0 Å². The van der Waals surface area contributed by atoms with Crippen LogP contribution in [-0.2, 0) is 14.3 Å². The van der Waals surface area contributed by atoms with Crippen LogP contribution in [0.5, 0.6) is 0 Å². The van der Waals surface area contributed by atoms with Crippen LogP contribution in [0, 0.1) is 22.7 Å². The predicted octanol–water partition coefficient (Wildman–Crippen LogP) is 5.02. The Labute approximate surface area is 175 Å². The van der Waals surface area contributed by atoms with Crippen LogP contribution in [0.4, 0.5) is 31.1 Å². The molecule has 12 heteroatoms. The summed E-state index contributed by atoms with van der Waals surface area (Å²) < 4.78 is 84.2. The summed E-state index contributed by atoms with van der Waals surface area (Å²) in [5, 5.41) is 9.89. The molecular formula is C19H27F6NO5. The fourth-order valence-electron chi connectivity index (χ4n) is 4.01. The zero-order chi connectivity index (χ0) is 24.6. The molecule has 1 aliphatic heterocycles. The Kier molecular flexibility index (Phi) is 7.72. The summed E-state index contributed by atoms with van der Waals surface area (Å²) in [5.74, 6) is -6.17. The average Bonchev–Trinajstić information content (AvgIpc) is 2.91. The van der Waals surface area contributed by atoms with E-state index in [1.807, 2.05) is 0 Å². The highest BCUT2D eigenvalue weighted by atomic mass is 19.4. The number of carboxylic acid groups (broad SMARTS) is 1. The largest absolute Gasteiger partial charge is 0.481 e. The molecule has 2 amide bonds. The summed E-state index contributed by atoms with van der Waals surface area (Å²) in [6.45, 7) is 6.22. The molecule has 0 radical (unpaired) electrons. The van der Waals surface area contributed by atoms with E-state index >= 15 is 0 Å². The van der Waals surface area contributed by atoms with E-state index in [-0.39, 0.29) is 6.61 Å². The molecule has 3 atom stereocenters. The lowest BCUT2D eigenvalue weighted by molar-refractivity contribution is -0.208. The van der Waals surface area contributed by atoms with Crippen molar-refractivity contribution in [1.82, 2.24) is 4.90 Å². The monoisotopic (exact) mass is 463 g/mol. The number of nitrogens with zero attached hydrogens (tertiary/aromatic N) is 1. The SMILES string of the molecule is CC(C)[C@H]1COC(=O)N1C(=O)[C@H](CCC(F)(F)F)C(CC(F)(F)F)(C(=O)O)C(C)(C)C. The number of rotatable bonds is 7. The quantitative estimate of drug-likeness (QED) is 0.536. The lowest BCUT2D eigenvalue weighted by Gasteiger charge is -2.47. The Balaban J connectivity index is 3.70. The van der Waals surface area contributed by atoms with Gasteiger partial charge in [0.05, 0.1) is 23.8 Å². The maximum atomic E-state index is 13.5. The first-order chi connectivity index (χ1) is 13.7. The van der Waals surface area contributed by atoms with Crippen LogP contribution >= 0.6 is 0 Å². The summed E-state index contributed by atoms with van der Waals surface area (Å²) in [7, 11) is 0. The number of aliphatic carboxylic acids is 1. The van der Waals surface area contributed by atoms with Gasteiger partial charge in [0.2, 0.25) is 5.91 Å². The molecule has 1 saturated heterocycles. The summed E-state index contributed by atoms with van der Waals surface area (Å²) in [6, 6.07) is -0.939. The number of cyclic esters (lactones) is 1. The van der Waals surface area contributed by atoms with Crippen molar-refractivity contribution in [3.8, 4) is 0 Å². The summed E-state index contributed by atoms with van der Waals surface area (Å²) >= 11 is 0. The van der Waals surface area contributed by atoms with Gasteiger partial charge in [0, 0.05) is 6.42 Å². The van der Waals surface area contributed by atoms with E-state index in [0.717, 1.165) is 20.8 Å². The maximum Gasteiger partial charge on any atom is 0.416 e. The van der Waals surface area contributed by atoms with Crippen molar-refractivity contribution in [3.63, 3.8) is 0 Å². The van der Waals surface area contributed by atoms with Crippen molar-refractivity contribution in [2.45, 2.75) is 72.3 Å². The molecule has 1 unspecified atom stereocenters. The predicted molar refractivity (Wildman–Crippen MR) is 95.8 cm³/mol. The minimum atomic E-state index is -5.11. The number of hydrogen-bond acceptors (Lipinski definition) is 4. The fourth-order valence-corrected chi connectivity index (χ4v) is 4.01. The van der Waals surface area contributed by atoms with Gasteiger partial charge in [0.1, 0.15) is 6.61 Å². The molecule has 0 saturated carbocycles. The number of amides is 2. The van der Waals surface area contributed by atoms with Gasteiger partial charge >= 0.3 is 24.4 Å². The topological polar surface area (TPSA) is 83.9 Å². The van der Waals surface area contributed by atoms with E-state index in [1.165, 1.54) is 0 Å². The third kappa shape index (κ3) is 6.03. The maximum absolute atomic E-state index is 13.5. The Hall–Kier alpha value is -2.01. The number of carbonyl (C=O) groups excluding carboxylic acids is 2. The van der Waals surface area contributed by atoms with E-state index in [1.54, 1.807) is 13.8 Å². The number of carbonyl (C=O) groups is 3. The van der Waals surface area contributed by atoms with Crippen LogP contribution in [0.3, 0.4) is 0 Å². The lowest BCUT2D eigenvalue weighted by atomic mass is 9.56. The number of halogens is 6. The number of hydrogen-bond donors (Lipinski definition) is 1. The normalized spacial score (nSPS) is 21.1. The van der Waals surface area contributed by atoms with Crippen molar-refractivity contribution >= 4 is 18.0 Å². The Morgan fingerprint density at radius 1 is 1.10 bits per heavy atom. The molecule has 31 heavy (non-hydrogen) atoms. The molecule has 0 aliphatic carbocycles. The number of imide groups is 1. The molecule has 0 aromatic heterocycles. The van der Waals surface area contributed by atoms with Crippen LogP contribution in [0.25, 0.3) is 0 Å². The van der Waals surface area contributed by atoms with Gasteiger partial charge in [-0.1, -0.05) is 34.6 Å². The van der Waals surface area contributed by atoms with Crippen molar-refractivity contribution in [2.75, 3.05) is 6.61 Å². The van der Waals surface area contributed by atoms with Crippen LogP contribution in [-0.4, -0.2) is 53.0 Å². The average molecular weight is 463 g/mol. The van der Waals surface area contributed by atoms with E-state index < -0.39 is 78.3 Å². The van der Waals surface area contributed by atoms with E-state index in [4.69, 9.17) is 4.74 Å². The summed E-state index contributed by atoms with van der Waals surface area (Å²) in [4.78, 5) is 38.2. The molecule has 1 heterocycles. The first kappa shape index (κ1) is 27.0. The molecule has 0 aromatic rings. The highest BCUT2D eigenvalue weighted by Crippen LogP contribution is 2.54. The van der Waals surface area contributed by atoms with Gasteiger partial charge in [-0.25, -0.2) is 9.69 Å². The fraction of sp³-hybridized carbons (Fsp3) is 0.842. The van der Waals surface area contributed by atoms with Crippen LogP contribution < -0.4 is 0 Å². The van der Waals surface area contributed by atoms with Crippen molar-refractivity contribution in [2.24, 2.45) is 22.7 Å². The van der Waals surface area contributed by atoms with Gasteiger partial charge in [0.25, 0.3) is 0 Å². The minimum Gasteiger partial charge on any atom is -0.481 e. The second-order valence-electron chi connectivity index (χ2n) is 9.12. The smallest absolute Gasteiger partial charge is 0.416 e. The Morgan fingerprint density at radius 2 is 1.61 bits per heavy atom. The molecule has 180 valence electrons. The van der Waals surface area contributed by atoms with E-state index in [9.17, 15) is 45.8 Å². The van der Waals surface area contributed by atoms with E-state index in [2.05, 4.69) is 0 Å². The molecule has 0 bridgehead atoms. The second-order valence-corrected chi connectivity index (χ2v) is 9.12. The standard InChI is InChI=1S/C19H27F6NO5/c1-10(2)12-8-31-15(30)26(12)13(27)11(6-7-18(20,21)22)17(14(28)29,16(3,4)5)9-19(23,24)25/h10-12H,6-9H2,1-5H3,(H,28,29)/t11-,12+,17?/m0/s1. The Morgan fingerprint density at radius 3 is 1.97 bits per heavy atom. The number of ether oxygens (including phenoxy) is 1. The zero-order valence-electron chi connectivity index (χ0n) is 17.9. The molecular weight excluding hydrogens is 436 g/mol. The summed E-state index contributed by atoms with van der Waals surface area (Å²) in [6.07, 6.45) is -16.1. The van der Waals surface area contributed by atoms with Crippen LogP contribution in [0.1, 0.15) is 53.9 Å². The number of alkyl halides is 6. The molecule has 0 aromatic carbocycles. The molecule has 1 N–H and O–H groups in total. The van der Waals surface area contributed by atoms with Gasteiger partial charge < -0.3 is 9.84 Å². The van der Waals surface area contributed by atoms with Crippen LogP contribution in [0.15, 0.2) is 0 Å². The van der Waals surface area contributed by atoms with Gasteiger partial charge in [-0.3, -0.25) is 9.59 Å². The van der Waals surface area contributed by atoms with Crippen molar-refractivity contribution in [3.05, 3.63) is 0 Å². The van der Waals surface area contributed by atoms with Crippen LogP contribution in [0.2, 0.25) is 0 Å². The Bertz CT molecular complexity index is 697. The van der Waals surface area contributed by atoms with Crippen molar-refractivity contribution < 1.29 is 50.6 Å². The lowest BCUT2D eigenvalue weighted by Crippen LogP contribution is -2.58. The zero-order valence-corrected chi connectivity index (χ0v) is 17.9. The molecule has 1 fully saturated rings. The highest BCUT2D eigenvalue weighted by molar-refractivity contribution is 5.97. The van der Waals surface area contributed by atoms with Crippen molar-refractivity contribution in [1.29, 1.82) is 0 Å². The third-order valence-corrected chi connectivity index (χ3v) is 5.72. The van der Waals surface area contributed by atoms with Gasteiger partial charge in [-0.2, -0.15) is 26.3 Å². The minimum absolute atomic E-state index is 0.289. The first-order valence-corrected chi connectivity index (χ1v) is 9.61.